The molecule has 7 nitrogen and oxygen atoms in total. The van der Waals surface area contributed by atoms with Gasteiger partial charge in [-0.1, -0.05) is 54.6 Å². The van der Waals surface area contributed by atoms with E-state index in [0.29, 0.717) is 0 Å². The van der Waals surface area contributed by atoms with Crippen molar-refractivity contribution in [3.05, 3.63) is 60.2 Å². The molecular formula is C20H15NO6. The van der Waals surface area contributed by atoms with E-state index >= 15 is 0 Å². The molecule has 1 aromatic carbocycles. The summed E-state index contributed by atoms with van der Waals surface area (Å²) in [6.07, 6.45) is 5.48. The van der Waals surface area contributed by atoms with E-state index in [1.165, 1.54) is 4.90 Å². The van der Waals surface area contributed by atoms with Crippen LogP contribution in [0.1, 0.15) is 5.56 Å². The number of carbonyl (C=O) groups excluding carboxylic acids is 3. The fourth-order valence-corrected chi connectivity index (χ4v) is 5.66. The van der Waals surface area contributed by atoms with Gasteiger partial charge in [0.2, 0.25) is 0 Å². The van der Waals surface area contributed by atoms with E-state index in [1.807, 2.05) is 30.3 Å². The first-order valence-corrected chi connectivity index (χ1v) is 8.89. The lowest BCUT2D eigenvalue weighted by Gasteiger charge is -2.36. The van der Waals surface area contributed by atoms with E-state index in [0.717, 1.165) is 5.56 Å². The van der Waals surface area contributed by atoms with Gasteiger partial charge in [0.05, 0.1) is 24.3 Å². The van der Waals surface area contributed by atoms with Gasteiger partial charge in [0.1, 0.15) is 17.4 Å². The van der Waals surface area contributed by atoms with Crippen LogP contribution < -0.4 is 0 Å². The van der Waals surface area contributed by atoms with Gasteiger partial charge >= 0.3 is 18.0 Å². The van der Waals surface area contributed by atoms with Gasteiger partial charge in [0, 0.05) is 0 Å². The Kier molecular flexibility index (Phi) is 2.62. The summed E-state index contributed by atoms with van der Waals surface area (Å²) in [6.45, 7) is 0.121. The standard InChI is InChI=1S/C20H15NO6/c22-16-19-12-6-7-13(20(19,17(23)27-16)15-9-8-14(19)26-15)21(12)18(24)25-10-11-4-2-1-3-5-11/h1-9,12-15H,10H2/t12-,13+,14+,15-,19+,20-. The van der Waals surface area contributed by atoms with Crippen molar-refractivity contribution < 1.29 is 28.6 Å². The Morgan fingerprint density at radius 2 is 1.56 bits per heavy atom. The zero-order valence-electron chi connectivity index (χ0n) is 14.1. The molecule has 27 heavy (non-hydrogen) atoms. The molecule has 0 spiro atoms. The van der Waals surface area contributed by atoms with E-state index < -0.39 is 53.2 Å². The van der Waals surface area contributed by atoms with Crippen molar-refractivity contribution in [3.63, 3.8) is 0 Å². The summed E-state index contributed by atoms with van der Waals surface area (Å²) in [4.78, 5) is 40.1. The van der Waals surface area contributed by atoms with E-state index in [1.54, 1.807) is 24.3 Å². The number of cyclic esters (lactones) is 2. The molecule has 5 heterocycles. The fraction of sp³-hybridized carbons (Fsp3) is 0.350. The van der Waals surface area contributed by atoms with Crippen LogP contribution in [-0.4, -0.2) is 47.2 Å². The van der Waals surface area contributed by atoms with Gasteiger partial charge in [-0.05, 0) is 5.56 Å². The summed E-state index contributed by atoms with van der Waals surface area (Å²) in [7, 11) is 0. The molecule has 3 fully saturated rings. The van der Waals surface area contributed by atoms with Gasteiger partial charge < -0.3 is 14.2 Å². The maximum Gasteiger partial charge on any atom is 0.411 e. The Labute approximate surface area is 154 Å². The molecule has 5 aliphatic heterocycles. The molecule has 0 aliphatic carbocycles. The van der Waals surface area contributed by atoms with Gasteiger partial charge in [0.25, 0.3) is 0 Å². The van der Waals surface area contributed by atoms with Crippen LogP contribution in [0.4, 0.5) is 4.79 Å². The van der Waals surface area contributed by atoms with Gasteiger partial charge in [0.15, 0.2) is 0 Å². The Bertz CT molecular complexity index is 908. The zero-order valence-corrected chi connectivity index (χ0v) is 14.1. The molecule has 6 rings (SSSR count). The predicted molar refractivity (Wildman–Crippen MR) is 88.9 cm³/mol. The van der Waals surface area contributed by atoms with Gasteiger partial charge in [-0.3, -0.25) is 14.5 Å². The number of carbonyl (C=O) groups is 3. The summed E-state index contributed by atoms with van der Waals surface area (Å²) >= 11 is 0. The Balaban J connectivity index is 1.38. The van der Waals surface area contributed by atoms with Crippen molar-refractivity contribution in [2.45, 2.75) is 30.9 Å². The highest BCUT2D eigenvalue weighted by Crippen LogP contribution is 2.72. The van der Waals surface area contributed by atoms with Crippen LogP contribution in [0.2, 0.25) is 0 Å². The van der Waals surface area contributed by atoms with Crippen LogP contribution >= 0.6 is 0 Å². The SMILES string of the molecule is O=C(OCc1ccccc1)N1[C@H]2C=C[C@@H]1[C@]13C(=O)OC(=O)[C@]21[C@H]1C=C[C@@H]3O1. The smallest absolute Gasteiger partial charge is 0.411 e. The van der Waals surface area contributed by atoms with E-state index in [2.05, 4.69) is 0 Å². The zero-order chi connectivity index (χ0) is 18.4. The second-order valence-electron chi connectivity index (χ2n) is 7.50. The number of hydrogen-bond acceptors (Lipinski definition) is 6. The normalized spacial score (nSPS) is 41.9. The highest BCUT2D eigenvalue weighted by molar-refractivity contribution is 6.07. The quantitative estimate of drug-likeness (QED) is 0.447. The summed E-state index contributed by atoms with van der Waals surface area (Å²) in [6, 6.07) is 8.11. The third-order valence-corrected chi connectivity index (χ3v) is 6.62. The first-order valence-electron chi connectivity index (χ1n) is 8.89. The van der Waals surface area contributed by atoms with E-state index in [9.17, 15) is 14.4 Å². The van der Waals surface area contributed by atoms with Crippen LogP contribution in [0, 0.1) is 10.8 Å². The second-order valence-corrected chi connectivity index (χ2v) is 7.50. The van der Waals surface area contributed by atoms with Crippen molar-refractivity contribution in [1.29, 1.82) is 0 Å². The van der Waals surface area contributed by atoms with Crippen molar-refractivity contribution in [2.24, 2.45) is 10.8 Å². The van der Waals surface area contributed by atoms with Gasteiger partial charge in [-0.2, -0.15) is 0 Å². The minimum Gasteiger partial charge on any atom is -0.445 e. The first kappa shape index (κ1) is 15.2. The van der Waals surface area contributed by atoms with Crippen molar-refractivity contribution in [3.8, 4) is 0 Å². The van der Waals surface area contributed by atoms with Crippen molar-refractivity contribution >= 4 is 18.0 Å². The van der Waals surface area contributed by atoms with Crippen LogP contribution in [0.25, 0.3) is 0 Å². The molecule has 0 radical (unpaired) electrons. The summed E-state index contributed by atoms with van der Waals surface area (Å²) < 4.78 is 16.5. The molecule has 1 amide bonds. The molecule has 5 aliphatic rings. The monoisotopic (exact) mass is 365 g/mol. The van der Waals surface area contributed by atoms with E-state index in [-0.39, 0.29) is 6.61 Å². The Morgan fingerprint density at radius 1 is 0.963 bits per heavy atom. The van der Waals surface area contributed by atoms with Crippen molar-refractivity contribution in [1.82, 2.24) is 4.90 Å². The largest absolute Gasteiger partial charge is 0.445 e. The molecule has 0 saturated carbocycles. The lowest BCUT2D eigenvalue weighted by molar-refractivity contribution is -0.162. The summed E-state index contributed by atoms with van der Waals surface area (Å²) in [5.74, 6) is -1.22. The molecule has 7 heteroatoms. The molecule has 136 valence electrons. The number of amides is 1. The third kappa shape index (κ3) is 1.42. The van der Waals surface area contributed by atoms with Crippen LogP contribution in [-0.2, 0) is 30.4 Å². The topological polar surface area (TPSA) is 82.1 Å². The number of rotatable bonds is 2. The van der Waals surface area contributed by atoms with Crippen molar-refractivity contribution in [2.75, 3.05) is 0 Å². The molecule has 0 unspecified atom stereocenters. The molecule has 6 atom stereocenters. The highest BCUT2D eigenvalue weighted by atomic mass is 16.6. The van der Waals surface area contributed by atoms with Crippen LogP contribution in [0.5, 0.6) is 0 Å². The number of nitrogens with zero attached hydrogens (tertiary/aromatic N) is 1. The van der Waals surface area contributed by atoms with Gasteiger partial charge in [-0.15, -0.1) is 0 Å². The Hall–Kier alpha value is -2.93. The fourth-order valence-electron chi connectivity index (χ4n) is 5.66. The lowest BCUT2D eigenvalue weighted by atomic mass is 9.54. The number of esters is 2. The Morgan fingerprint density at radius 3 is 2.15 bits per heavy atom. The molecule has 3 saturated heterocycles. The number of ether oxygens (including phenoxy) is 3. The number of hydrogen-bond donors (Lipinski definition) is 0. The van der Waals surface area contributed by atoms with Gasteiger partial charge in [-0.25, -0.2) is 4.79 Å². The summed E-state index contributed by atoms with van der Waals surface area (Å²) in [5, 5.41) is 0. The van der Waals surface area contributed by atoms with Crippen LogP contribution in [0.3, 0.4) is 0 Å². The molecular weight excluding hydrogens is 350 g/mol. The van der Waals surface area contributed by atoms with E-state index in [4.69, 9.17) is 14.2 Å². The molecule has 0 N–H and O–H groups in total. The van der Waals surface area contributed by atoms with Crippen LogP contribution in [0.15, 0.2) is 54.6 Å². The average molecular weight is 365 g/mol. The number of benzene rings is 1. The minimum absolute atomic E-state index is 0.121. The maximum absolute atomic E-state index is 12.9. The first-order chi connectivity index (χ1) is 13.1. The third-order valence-electron chi connectivity index (χ3n) is 6.62. The second kappa shape index (κ2) is 4.67. The minimum atomic E-state index is -1.21. The lowest BCUT2D eigenvalue weighted by Crippen LogP contribution is -2.56. The average Bonchev–Trinajstić information content (AvgIpc) is 3.45. The summed E-state index contributed by atoms with van der Waals surface area (Å²) in [5.41, 5.74) is -1.56. The maximum atomic E-state index is 12.9. The number of fused-ring (bicyclic) bond motifs is 4. The molecule has 0 aromatic heterocycles. The molecule has 1 aromatic rings. The highest BCUT2D eigenvalue weighted by Gasteiger charge is 2.90. The molecule has 4 bridgehead atoms. The predicted octanol–water partition coefficient (Wildman–Crippen LogP) is 1.34.